The minimum absolute atomic E-state index is 0.498. The summed E-state index contributed by atoms with van der Waals surface area (Å²) < 4.78 is 0. The molecule has 1 atom stereocenters. The van der Waals surface area contributed by atoms with E-state index >= 15 is 0 Å². The predicted octanol–water partition coefficient (Wildman–Crippen LogP) is 4.11. The van der Waals surface area contributed by atoms with Gasteiger partial charge in [0.05, 0.1) is 0 Å². The van der Waals surface area contributed by atoms with Crippen LogP contribution in [0.15, 0.2) is 29.2 Å². The van der Waals surface area contributed by atoms with Crippen LogP contribution in [-0.2, 0) is 0 Å². The smallest absolute Gasteiger partial charge is 0.0317 e. The molecule has 1 aromatic carbocycles. The summed E-state index contributed by atoms with van der Waals surface area (Å²) >= 11 is 1.79. The van der Waals surface area contributed by atoms with E-state index in [4.69, 9.17) is 0 Å². The standard InChI is InChI=1S/C14H23NS/c1-11(2)5-10-14(15-3)12-6-8-13(16-4)9-7-12/h6-9,11,14-15H,5,10H2,1-4H3. The summed E-state index contributed by atoms with van der Waals surface area (Å²) in [6, 6.07) is 9.40. The summed E-state index contributed by atoms with van der Waals surface area (Å²) in [4.78, 5) is 1.34. The molecule has 1 rings (SSSR count). The van der Waals surface area contributed by atoms with Gasteiger partial charge in [-0.25, -0.2) is 0 Å². The van der Waals surface area contributed by atoms with Crippen LogP contribution >= 0.6 is 11.8 Å². The third-order valence-corrected chi connectivity index (χ3v) is 3.64. The summed E-state index contributed by atoms with van der Waals surface area (Å²) in [5, 5.41) is 3.40. The number of nitrogens with one attached hydrogen (secondary N) is 1. The maximum atomic E-state index is 3.40. The van der Waals surface area contributed by atoms with Gasteiger partial charge in [0.2, 0.25) is 0 Å². The molecule has 0 fully saturated rings. The molecular formula is C14H23NS. The molecule has 1 unspecified atom stereocenters. The third kappa shape index (κ3) is 4.18. The zero-order valence-electron chi connectivity index (χ0n) is 10.8. The van der Waals surface area contributed by atoms with E-state index in [1.807, 2.05) is 7.05 Å². The quantitative estimate of drug-likeness (QED) is 0.747. The second kappa shape index (κ2) is 6.97. The van der Waals surface area contributed by atoms with Crippen LogP contribution in [0.1, 0.15) is 38.3 Å². The Bertz CT molecular complexity index is 292. The van der Waals surface area contributed by atoms with Gasteiger partial charge in [-0.3, -0.25) is 0 Å². The lowest BCUT2D eigenvalue weighted by Crippen LogP contribution is -2.16. The van der Waals surface area contributed by atoms with Crippen molar-refractivity contribution in [2.24, 2.45) is 5.92 Å². The van der Waals surface area contributed by atoms with E-state index in [-0.39, 0.29) is 0 Å². The second-order valence-corrected chi connectivity index (χ2v) is 5.47. The zero-order chi connectivity index (χ0) is 12.0. The maximum absolute atomic E-state index is 3.40. The largest absolute Gasteiger partial charge is 0.313 e. The van der Waals surface area contributed by atoms with E-state index < -0.39 is 0 Å². The Morgan fingerprint density at radius 2 is 1.75 bits per heavy atom. The highest BCUT2D eigenvalue weighted by Crippen LogP contribution is 2.23. The van der Waals surface area contributed by atoms with Crippen molar-refractivity contribution in [3.8, 4) is 0 Å². The van der Waals surface area contributed by atoms with E-state index in [1.54, 1.807) is 11.8 Å². The Kier molecular flexibility index (Phi) is 5.93. The molecule has 0 saturated heterocycles. The number of thioether (sulfide) groups is 1. The molecule has 0 saturated carbocycles. The van der Waals surface area contributed by atoms with Crippen LogP contribution in [0.5, 0.6) is 0 Å². The molecule has 0 radical (unpaired) electrons. The molecule has 0 aliphatic carbocycles. The number of hydrogen-bond acceptors (Lipinski definition) is 2. The summed E-state index contributed by atoms with van der Waals surface area (Å²) in [7, 11) is 2.05. The van der Waals surface area contributed by atoms with Crippen molar-refractivity contribution < 1.29 is 0 Å². The van der Waals surface area contributed by atoms with Crippen LogP contribution in [-0.4, -0.2) is 13.3 Å². The molecule has 16 heavy (non-hydrogen) atoms. The molecule has 0 heterocycles. The van der Waals surface area contributed by atoms with Gasteiger partial charge < -0.3 is 5.32 Å². The molecule has 2 heteroatoms. The van der Waals surface area contributed by atoms with Gasteiger partial charge in [0, 0.05) is 10.9 Å². The first kappa shape index (κ1) is 13.6. The average molecular weight is 237 g/mol. The van der Waals surface area contributed by atoms with Gasteiger partial charge in [0.15, 0.2) is 0 Å². The Hall–Kier alpha value is -0.470. The summed E-state index contributed by atoms with van der Waals surface area (Å²) in [5.74, 6) is 0.779. The Morgan fingerprint density at radius 1 is 1.12 bits per heavy atom. The van der Waals surface area contributed by atoms with Crippen LogP contribution in [0.3, 0.4) is 0 Å². The van der Waals surface area contributed by atoms with E-state index in [9.17, 15) is 0 Å². The fourth-order valence-electron chi connectivity index (χ4n) is 1.81. The molecule has 0 aromatic heterocycles. The number of rotatable bonds is 6. The van der Waals surface area contributed by atoms with Gasteiger partial charge in [-0.05, 0) is 49.8 Å². The molecule has 1 nitrogen and oxygen atoms in total. The molecule has 90 valence electrons. The van der Waals surface area contributed by atoms with Gasteiger partial charge >= 0.3 is 0 Å². The van der Waals surface area contributed by atoms with Crippen molar-refractivity contribution in [3.05, 3.63) is 29.8 Å². The monoisotopic (exact) mass is 237 g/mol. The van der Waals surface area contributed by atoms with Gasteiger partial charge in [0.1, 0.15) is 0 Å². The highest BCUT2D eigenvalue weighted by molar-refractivity contribution is 7.98. The summed E-state index contributed by atoms with van der Waals surface area (Å²) in [6.45, 7) is 4.56. The first-order valence-electron chi connectivity index (χ1n) is 5.98. The molecule has 0 spiro atoms. The van der Waals surface area contributed by atoms with Crippen molar-refractivity contribution in [1.82, 2.24) is 5.32 Å². The van der Waals surface area contributed by atoms with Crippen molar-refractivity contribution >= 4 is 11.8 Å². The molecule has 0 amide bonds. The second-order valence-electron chi connectivity index (χ2n) is 4.59. The van der Waals surface area contributed by atoms with E-state index in [1.165, 1.54) is 23.3 Å². The van der Waals surface area contributed by atoms with Crippen molar-refractivity contribution in [2.45, 2.75) is 37.6 Å². The van der Waals surface area contributed by atoms with Crippen molar-refractivity contribution in [2.75, 3.05) is 13.3 Å². The Morgan fingerprint density at radius 3 is 2.19 bits per heavy atom. The van der Waals surface area contributed by atoms with E-state index in [2.05, 4.69) is 49.7 Å². The first-order valence-corrected chi connectivity index (χ1v) is 7.21. The first-order chi connectivity index (χ1) is 7.67. The molecule has 0 aliphatic heterocycles. The van der Waals surface area contributed by atoms with Crippen LogP contribution in [0.2, 0.25) is 0 Å². The Labute approximate surface area is 104 Å². The third-order valence-electron chi connectivity index (χ3n) is 2.90. The fraction of sp³-hybridized carbons (Fsp3) is 0.571. The minimum Gasteiger partial charge on any atom is -0.313 e. The molecule has 1 N–H and O–H groups in total. The summed E-state index contributed by atoms with van der Waals surface area (Å²) in [6.07, 6.45) is 4.60. The van der Waals surface area contributed by atoms with Crippen LogP contribution in [0.25, 0.3) is 0 Å². The van der Waals surface area contributed by atoms with Gasteiger partial charge in [-0.2, -0.15) is 0 Å². The van der Waals surface area contributed by atoms with Crippen LogP contribution in [0.4, 0.5) is 0 Å². The van der Waals surface area contributed by atoms with Gasteiger partial charge in [-0.1, -0.05) is 26.0 Å². The maximum Gasteiger partial charge on any atom is 0.0317 e. The Balaban J connectivity index is 2.63. The van der Waals surface area contributed by atoms with Crippen molar-refractivity contribution in [1.29, 1.82) is 0 Å². The average Bonchev–Trinajstić information content (AvgIpc) is 2.30. The molecule has 0 bridgehead atoms. The molecule has 0 aliphatic rings. The fourth-order valence-corrected chi connectivity index (χ4v) is 2.22. The molecule has 1 aromatic rings. The normalized spacial score (nSPS) is 13.1. The summed E-state index contributed by atoms with van der Waals surface area (Å²) in [5.41, 5.74) is 1.40. The highest BCUT2D eigenvalue weighted by Gasteiger charge is 2.09. The van der Waals surface area contributed by atoms with Gasteiger partial charge in [-0.15, -0.1) is 11.8 Å². The highest BCUT2D eigenvalue weighted by atomic mass is 32.2. The number of hydrogen-bond donors (Lipinski definition) is 1. The van der Waals surface area contributed by atoms with Gasteiger partial charge in [0.25, 0.3) is 0 Å². The minimum atomic E-state index is 0.498. The van der Waals surface area contributed by atoms with E-state index in [0.29, 0.717) is 6.04 Å². The topological polar surface area (TPSA) is 12.0 Å². The predicted molar refractivity (Wildman–Crippen MR) is 74.1 cm³/mol. The van der Waals surface area contributed by atoms with Crippen LogP contribution < -0.4 is 5.32 Å². The van der Waals surface area contributed by atoms with Crippen molar-refractivity contribution in [3.63, 3.8) is 0 Å². The lowest BCUT2D eigenvalue weighted by molar-refractivity contribution is 0.465. The number of benzene rings is 1. The SMILES string of the molecule is CNC(CCC(C)C)c1ccc(SC)cc1. The lowest BCUT2D eigenvalue weighted by atomic mass is 9.98. The zero-order valence-corrected chi connectivity index (χ0v) is 11.6. The van der Waals surface area contributed by atoms with Crippen LogP contribution in [0, 0.1) is 5.92 Å². The lowest BCUT2D eigenvalue weighted by Gasteiger charge is -2.18. The van der Waals surface area contributed by atoms with E-state index in [0.717, 1.165) is 5.92 Å². The molecular weight excluding hydrogens is 214 g/mol.